The number of aryl methyl sites for hydroxylation is 1. The summed E-state index contributed by atoms with van der Waals surface area (Å²) in [7, 11) is 2.87. The van der Waals surface area contributed by atoms with Gasteiger partial charge in [0.2, 0.25) is 0 Å². The molecule has 1 rings (SSSR count). The molecule has 0 amide bonds. The van der Waals surface area contributed by atoms with Crippen molar-refractivity contribution >= 4 is 11.9 Å². The molecule has 6 heteroatoms. The summed E-state index contributed by atoms with van der Waals surface area (Å²) in [5, 5.41) is 18.1. The highest BCUT2D eigenvalue weighted by molar-refractivity contribution is 5.88. The molecule has 0 saturated carbocycles. The third kappa shape index (κ3) is 2.60. The molecule has 1 heterocycles. The number of hydrogen-bond donors (Lipinski definition) is 2. The normalized spacial score (nSPS) is 12.2. The predicted octanol–water partition coefficient (Wildman–Crippen LogP) is 0.320. The molecule has 6 nitrogen and oxygen atoms in total. The summed E-state index contributed by atoms with van der Waals surface area (Å²) in [6.07, 6.45) is -0.0214. The molecule has 1 aromatic rings. The van der Waals surface area contributed by atoms with Crippen LogP contribution in [0.3, 0.4) is 0 Å². The quantitative estimate of drug-likeness (QED) is 0.723. The van der Waals surface area contributed by atoms with Crippen molar-refractivity contribution in [2.45, 2.75) is 12.5 Å². The van der Waals surface area contributed by atoms with E-state index < -0.39 is 24.5 Å². The number of nitrogens with zero attached hydrogens (tertiary/aromatic N) is 1. The molecule has 0 aliphatic heterocycles. The number of aromatic nitrogens is 1. The fraction of sp³-hybridized carbons (Fsp3) is 0.400. The lowest BCUT2D eigenvalue weighted by atomic mass is 10.1. The molecule has 1 atom stereocenters. The van der Waals surface area contributed by atoms with Gasteiger partial charge < -0.3 is 19.5 Å². The summed E-state index contributed by atoms with van der Waals surface area (Å²) in [5.41, 5.74) is 0.646. The molecule has 0 aliphatic rings. The number of aliphatic carboxylic acids is 1. The number of carbonyl (C=O) groups is 2. The van der Waals surface area contributed by atoms with Crippen LogP contribution >= 0.6 is 0 Å². The Hall–Kier alpha value is -1.82. The molecular weight excluding hydrogens is 214 g/mol. The molecule has 2 N–H and O–H groups in total. The number of carboxylic acids is 1. The smallest absolute Gasteiger partial charge is 0.354 e. The lowest BCUT2D eigenvalue weighted by Crippen LogP contribution is -2.06. The number of rotatable bonds is 4. The van der Waals surface area contributed by atoms with E-state index in [1.54, 1.807) is 7.05 Å². The Balaban J connectivity index is 2.91. The average Bonchev–Trinajstić information content (AvgIpc) is 2.58. The van der Waals surface area contributed by atoms with E-state index in [0.717, 1.165) is 0 Å². The van der Waals surface area contributed by atoms with E-state index >= 15 is 0 Å². The van der Waals surface area contributed by atoms with Crippen molar-refractivity contribution in [3.05, 3.63) is 23.5 Å². The zero-order valence-electron chi connectivity index (χ0n) is 9.01. The van der Waals surface area contributed by atoms with Crippen LogP contribution in [0.15, 0.2) is 12.3 Å². The summed E-state index contributed by atoms with van der Waals surface area (Å²) < 4.78 is 6.01. The minimum absolute atomic E-state index is 0.266. The lowest BCUT2D eigenvalue weighted by Gasteiger charge is -2.03. The average molecular weight is 227 g/mol. The Morgan fingerprint density at radius 2 is 2.19 bits per heavy atom. The molecule has 0 aliphatic carbocycles. The van der Waals surface area contributed by atoms with Gasteiger partial charge in [0.05, 0.1) is 19.6 Å². The second-order valence-corrected chi connectivity index (χ2v) is 3.37. The molecule has 0 radical (unpaired) electrons. The molecule has 0 aromatic carbocycles. The van der Waals surface area contributed by atoms with E-state index in [1.165, 1.54) is 23.9 Å². The van der Waals surface area contributed by atoms with Crippen LogP contribution in [0.25, 0.3) is 0 Å². The molecule has 0 bridgehead atoms. The van der Waals surface area contributed by atoms with Gasteiger partial charge in [-0.25, -0.2) is 4.79 Å². The van der Waals surface area contributed by atoms with Gasteiger partial charge in [0.1, 0.15) is 5.69 Å². The van der Waals surface area contributed by atoms with Gasteiger partial charge in [0.15, 0.2) is 0 Å². The number of methoxy groups -OCH3 is 1. The highest BCUT2D eigenvalue weighted by Gasteiger charge is 2.18. The Labute approximate surface area is 92.1 Å². The van der Waals surface area contributed by atoms with Crippen LogP contribution in [-0.2, 0) is 16.6 Å². The molecule has 0 saturated heterocycles. The number of ether oxygens (including phenoxy) is 1. The molecule has 1 aromatic heterocycles. The molecular formula is C10H13NO5. The van der Waals surface area contributed by atoms with Gasteiger partial charge in [-0.2, -0.15) is 0 Å². The van der Waals surface area contributed by atoms with Crippen LogP contribution in [0.4, 0.5) is 0 Å². The molecule has 0 spiro atoms. The van der Waals surface area contributed by atoms with Crippen molar-refractivity contribution in [1.29, 1.82) is 0 Å². The molecule has 0 fully saturated rings. The summed E-state index contributed by atoms with van der Waals surface area (Å²) >= 11 is 0. The molecule has 16 heavy (non-hydrogen) atoms. The minimum atomic E-state index is -1.12. The highest BCUT2D eigenvalue weighted by atomic mass is 16.5. The maximum atomic E-state index is 11.3. The van der Waals surface area contributed by atoms with Gasteiger partial charge in [-0.15, -0.1) is 0 Å². The minimum Gasteiger partial charge on any atom is -0.481 e. The number of carboxylic acid groups (broad SMARTS) is 1. The summed E-state index contributed by atoms with van der Waals surface area (Å²) in [4.78, 5) is 21.7. The van der Waals surface area contributed by atoms with Crippen LogP contribution in [0, 0.1) is 0 Å². The van der Waals surface area contributed by atoms with Gasteiger partial charge in [-0.3, -0.25) is 4.79 Å². The SMILES string of the molecule is COC(=O)c1cc(C(O)CC(=O)O)cn1C. The van der Waals surface area contributed by atoms with Crippen LogP contribution in [0.1, 0.15) is 28.6 Å². The van der Waals surface area contributed by atoms with Crippen molar-refractivity contribution in [1.82, 2.24) is 4.57 Å². The lowest BCUT2D eigenvalue weighted by molar-refractivity contribution is -0.139. The number of esters is 1. The zero-order valence-corrected chi connectivity index (χ0v) is 9.01. The van der Waals surface area contributed by atoms with Gasteiger partial charge in [0, 0.05) is 13.2 Å². The van der Waals surface area contributed by atoms with Crippen LogP contribution in [-0.4, -0.2) is 33.8 Å². The number of aliphatic hydroxyl groups is 1. The van der Waals surface area contributed by atoms with E-state index in [-0.39, 0.29) is 5.69 Å². The van der Waals surface area contributed by atoms with Crippen molar-refractivity contribution in [3.63, 3.8) is 0 Å². The van der Waals surface area contributed by atoms with Gasteiger partial charge in [0.25, 0.3) is 0 Å². The van der Waals surface area contributed by atoms with Crippen LogP contribution in [0.5, 0.6) is 0 Å². The third-order valence-corrected chi connectivity index (χ3v) is 2.17. The maximum absolute atomic E-state index is 11.3. The van der Waals surface area contributed by atoms with Crippen molar-refractivity contribution in [3.8, 4) is 0 Å². The fourth-order valence-electron chi connectivity index (χ4n) is 1.36. The fourth-order valence-corrected chi connectivity index (χ4v) is 1.36. The Bertz CT molecular complexity index is 409. The van der Waals surface area contributed by atoms with Crippen LogP contribution < -0.4 is 0 Å². The Kier molecular flexibility index (Phi) is 3.68. The monoisotopic (exact) mass is 227 g/mol. The zero-order chi connectivity index (χ0) is 12.3. The van der Waals surface area contributed by atoms with E-state index in [2.05, 4.69) is 4.74 Å². The number of carbonyl (C=O) groups excluding carboxylic acids is 1. The van der Waals surface area contributed by atoms with E-state index in [4.69, 9.17) is 5.11 Å². The van der Waals surface area contributed by atoms with Crippen LogP contribution in [0.2, 0.25) is 0 Å². The highest BCUT2D eigenvalue weighted by Crippen LogP contribution is 2.19. The third-order valence-electron chi connectivity index (χ3n) is 2.17. The first-order chi connectivity index (χ1) is 7.45. The van der Waals surface area contributed by atoms with Crippen molar-refractivity contribution < 1.29 is 24.5 Å². The van der Waals surface area contributed by atoms with Gasteiger partial charge >= 0.3 is 11.9 Å². The largest absolute Gasteiger partial charge is 0.481 e. The number of hydrogen-bond acceptors (Lipinski definition) is 4. The summed E-state index contributed by atoms with van der Waals surface area (Å²) in [5.74, 6) is -1.63. The molecule has 1 unspecified atom stereocenters. The van der Waals surface area contributed by atoms with Crippen molar-refractivity contribution in [2.75, 3.05) is 7.11 Å². The maximum Gasteiger partial charge on any atom is 0.354 e. The van der Waals surface area contributed by atoms with Crippen molar-refractivity contribution in [2.24, 2.45) is 7.05 Å². The van der Waals surface area contributed by atoms with E-state index in [0.29, 0.717) is 5.56 Å². The molecule has 88 valence electrons. The van der Waals surface area contributed by atoms with Gasteiger partial charge in [-0.1, -0.05) is 0 Å². The Morgan fingerprint density at radius 1 is 1.56 bits per heavy atom. The van der Waals surface area contributed by atoms with E-state index in [1.807, 2.05) is 0 Å². The topological polar surface area (TPSA) is 88.8 Å². The summed E-state index contributed by atoms with van der Waals surface area (Å²) in [6.45, 7) is 0. The van der Waals surface area contributed by atoms with E-state index in [9.17, 15) is 14.7 Å². The first-order valence-corrected chi connectivity index (χ1v) is 4.60. The standard InChI is InChI=1S/C10H13NO5/c1-11-5-6(8(12)4-9(13)14)3-7(11)10(15)16-2/h3,5,8,12H,4H2,1-2H3,(H,13,14). The first-order valence-electron chi connectivity index (χ1n) is 4.60. The number of aliphatic hydroxyl groups excluding tert-OH is 1. The second-order valence-electron chi connectivity index (χ2n) is 3.37. The second kappa shape index (κ2) is 4.80. The van der Waals surface area contributed by atoms with Gasteiger partial charge in [-0.05, 0) is 11.6 Å². The summed E-state index contributed by atoms with van der Waals surface area (Å²) in [6, 6.07) is 1.42. The first kappa shape index (κ1) is 12.3. The predicted molar refractivity (Wildman–Crippen MR) is 54.0 cm³/mol. The Morgan fingerprint density at radius 3 is 2.69 bits per heavy atom.